The molecule has 17 heavy (non-hydrogen) atoms. The largest absolute Gasteiger partial charge is 0.497 e. The summed E-state index contributed by atoms with van der Waals surface area (Å²) >= 11 is 0. The molecule has 5 heteroatoms. The Balaban J connectivity index is 2.24. The summed E-state index contributed by atoms with van der Waals surface area (Å²) < 4.78 is 28.3. The van der Waals surface area contributed by atoms with Crippen molar-refractivity contribution in [2.24, 2.45) is 5.73 Å². The first-order chi connectivity index (χ1) is 8.02. The third-order valence-electron chi connectivity index (χ3n) is 3.26. The van der Waals surface area contributed by atoms with E-state index in [-0.39, 0.29) is 23.5 Å². The van der Waals surface area contributed by atoms with Crippen LogP contribution in [0.15, 0.2) is 24.3 Å². The van der Waals surface area contributed by atoms with Crippen molar-refractivity contribution >= 4 is 9.84 Å². The average Bonchev–Trinajstić information content (AvgIpc) is 2.33. The van der Waals surface area contributed by atoms with Crippen LogP contribution in [0.4, 0.5) is 0 Å². The number of nitrogens with two attached hydrogens (primary N) is 1. The third-order valence-corrected chi connectivity index (χ3v) is 4.98. The first-order valence-corrected chi connectivity index (χ1v) is 7.44. The van der Waals surface area contributed by atoms with Gasteiger partial charge in [0, 0.05) is 12.0 Å². The molecule has 0 radical (unpaired) electrons. The summed E-state index contributed by atoms with van der Waals surface area (Å²) in [5.41, 5.74) is 6.98. The van der Waals surface area contributed by atoms with E-state index in [9.17, 15) is 8.42 Å². The van der Waals surface area contributed by atoms with Gasteiger partial charge >= 0.3 is 0 Å². The molecular formula is C12H17NO3S. The lowest BCUT2D eigenvalue weighted by Gasteiger charge is -2.28. The zero-order valence-corrected chi connectivity index (χ0v) is 10.6. The number of rotatable bonds is 2. The van der Waals surface area contributed by atoms with Gasteiger partial charge in [-0.1, -0.05) is 12.1 Å². The summed E-state index contributed by atoms with van der Waals surface area (Å²) in [5.74, 6) is 1.03. The van der Waals surface area contributed by atoms with E-state index in [1.54, 1.807) is 7.11 Å². The Kier molecular flexibility index (Phi) is 3.40. The SMILES string of the molecule is COc1ccc(C2CS(=O)(=O)CCC2N)cc1. The molecule has 0 aromatic heterocycles. The van der Waals surface area contributed by atoms with Crippen molar-refractivity contribution in [2.45, 2.75) is 18.4 Å². The van der Waals surface area contributed by atoms with Gasteiger partial charge in [0.05, 0.1) is 18.6 Å². The standard InChI is InChI=1S/C12H17NO3S/c1-16-10-4-2-9(3-5-10)11-8-17(14,15)7-6-12(11)13/h2-5,11-12H,6-8,13H2,1H3. The van der Waals surface area contributed by atoms with Crippen molar-refractivity contribution in [2.75, 3.05) is 18.6 Å². The maximum atomic E-state index is 11.6. The first kappa shape index (κ1) is 12.4. The topological polar surface area (TPSA) is 69.4 Å². The van der Waals surface area contributed by atoms with E-state index in [4.69, 9.17) is 10.5 Å². The van der Waals surface area contributed by atoms with Crippen LogP contribution in [0, 0.1) is 0 Å². The summed E-state index contributed by atoms with van der Waals surface area (Å²) in [5, 5.41) is 0. The number of benzene rings is 1. The molecule has 2 rings (SSSR count). The number of hydrogen-bond acceptors (Lipinski definition) is 4. The molecule has 0 amide bonds. The Hall–Kier alpha value is -1.07. The van der Waals surface area contributed by atoms with Crippen LogP contribution >= 0.6 is 0 Å². The highest BCUT2D eigenvalue weighted by Gasteiger charge is 2.31. The molecule has 1 heterocycles. The molecule has 1 aromatic carbocycles. The molecule has 0 aliphatic carbocycles. The molecule has 1 fully saturated rings. The van der Waals surface area contributed by atoms with Gasteiger partial charge in [0.1, 0.15) is 5.75 Å². The molecule has 1 aliphatic heterocycles. The number of ether oxygens (including phenoxy) is 1. The van der Waals surface area contributed by atoms with Gasteiger partial charge < -0.3 is 10.5 Å². The summed E-state index contributed by atoms with van der Waals surface area (Å²) in [6, 6.07) is 7.38. The molecular weight excluding hydrogens is 238 g/mol. The normalized spacial score (nSPS) is 27.6. The molecule has 4 nitrogen and oxygen atoms in total. The van der Waals surface area contributed by atoms with E-state index in [0.29, 0.717) is 6.42 Å². The molecule has 1 aromatic rings. The van der Waals surface area contributed by atoms with Gasteiger partial charge in [-0.3, -0.25) is 0 Å². The van der Waals surface area contributed by atoms with E-state index in [0.717, 1.165) is 11.3 Å². The van der Waals surface area contributed by atoms with Gasteiger partial charge in [-0.25, -0.2) is 8.42 Å². The first-order valence-electron chi connectivity index (χ1n) is 5.62. The van der Waals surface area contributed by atoms with Crippen LogP contribution in [0.3, 0.4) is 0 Å². The van der Waals surface area contributed by atoms with Crippen LogP contribution in [0.5, 0.6) is 5.75 Å². The minimum atomic E-state index is -2.94. The monoisotopic (exact) mass is 255 g/mol. The second-order valence-corrected chi connectivity index (χ2v) is 6.68. The van der Waals surface area contributed by atoms with Gasteiger partial charge in [-0.15, -0.1) is 0 Å². The Bertz CT molecular complexity index is 481. The minimum absolute atomic E-state index is 0.0769. The smallest absolute Gasteiger partial charge is 0.151 e. The zero-order chi connectivity index (χ0) is 12.5. The molecule has 0 spiro atoms. The lowest BCUT2D eigenvalue weighted by molar-refractivity contribution is 0.414. The fourth-order valence-electron chi connectivity index (χ4n) is 2.19. The molecule has 2 N–H and O–H groups in total. The summed E-state index contributed by atoms with van der Waals surface area (Å²) in [4.78, 5) is 0. The molecule has 1 saturated heterocycles. The van der Waals surface area contributed by atoms with Crippen molar-refractivity contribution in [3.8, 4) is 5.75 Å². The molecule has 0 saturated carbocycles. The summed E-state index contributed by atoms with van der Waals surface area (Å²) in [6.07, 6.45) is 0.541. The fourth-order valence-corrected chi connectivity index (χ4v) is 3.98. The Labute approximate surface area is 102 Å². The molecule has 94 valence electrons. The van der Waals surface area contributed by atoms with Crippen LogP contribution in [0.1, 0.15) is 17.9 Å². The Morgan fingerprint density at radius 2 is 1.94 bits per heavy atom. The van der Waals surface area contributed by atoms with Crippen molar-refractivity contribution < 1.29 is 13.2 Å². The highest BCUT2D eigenvalue weighted by atomic mass is 32.2. The average molecular weight is 255 g/mol. The zero-order valence-electron chi connectivity index (χ0n) is 9.80. The summed E-state index contributed by atoms with van der Waals surface area (Å²) in [6.45, 7) is 0. The maximum absolute atomic E-state index is 11.6. The van der Waals surface area contributed by atoms with Crippen LogP contribution in [-0.2, 0) is 9.84 Å². The maximum Gasteiger partial charge on any atom is 0.151 e. The van der Waals surface area contributed by atoms with Crippen molar-refractivity contribution in [3.05, 3.63) is 29.8 Å². The third kappa shape index (κ3) is 2.79. The van der Waals surface area contributed by atoms with Crippen LogP contribution < -0.4 is 10.5 Å². The highest BCUT2D eigenvalue weighted by molar-refractivity contribution is 7.91. The number of hydrogen-bond donors (Lipinski definition) is 1. The predicted molar refractivity (Wildman–Crippen MR) is 67.0 cm³/mol. The minimum Gasteiger partial charge on any atom is -0.497 e. The van der Waals surface area contributed by atoms with Gasteiger partial charge in [0.25, 0.3) is 0 Å². The van der Waals surface area contributed by atoms with E-state index >= 15 is 0 Å². The quantitative estimate of drug-likeness (QED) is 0.853. The van der Waals surface area contributed by atoms with E-state index in [1.807, 2.05) is 24.3 Å². The Morgan fingerprint density at radius 3 is 2.53 bits per heavy atom. The second kappa shape index (κ2) is 4.66. The fraction of sp³-hybridized carbons (Fsp3) is 0.500. The Morgan fingerprint density at radius 1 is 1.29 bits per heavy atom. The lowest BCUT2D eigenvalue weighted by atomic mass is 9.92. The van der Waals surface area contributed by atoms with E-state index < -0.39 is 9.84 Å². The number of sulfone groups is 1. The van der Waals surface area contributed by atoms with Crippen molar-refractivity contribution in [3.63, 3.8) is 0 Å². The van der Waals surface area contributed by atoms with Crippen molar-refractivity contribution in [1.82, 2.24) is 0 Å². The van der Waals surface area contributed by atoms with E-state index in [1.165, 1.54) is 0 Å². The molecule has 0 bridgehead atoms. The van der Waals surface area contributed by atoms with E-state index in [2.05, 4.69) is 0 Å². The number of methoxy groups -OCH3 is 1. The summed E-state index contributed by atoms with van der Waals surface area (Å²) in [7, 11) is -1.34. The lowest BCUT2D eigenvalue weighted by Crippen LogP contribution is -2.40. The van der Waals surface area contributed by atoms with Crippen LogP contribution in [0.25, 0.3) is 0 Å². The van der Waals surface area contributed by atoms with Crippen LogP contribution in [-0.4, -0.2) is 33.1 Å². The van der Waals surface area contributed by atoms with Crippen LogP contribution in [0.2, 0.25) is 0 Å². The van der Waals surface area contributed by atoms with Gasteiger partial charge in [0.2, 0.25) is 0 Å². The molecule has 1 aliphatic rings. The van der Waals surface area contributed by atoms with Gasteiger partial charge in [-0.05, 0) is 24.1 Å². The highest BCUT2D eigenvalue weighted by Crippen LogP contribution is 2.28. The predicted octanol–water partition coefficient (Wildman–Crippen LogP) is 0.925. The van der Waals surface area contributed by atoms with Gasteiger partial charge in [-0.2, -0.15) is 0 Å². The molecule has 2 atom stereocenters. The van der Waals surface area contributed by atoms with Gasteiger partial charge in [0.15, 0.2) is 9.84 Å². The second-order valence-electron chi connectivity index (χ2n) is 4.45. The van der Waals surface area contributed by atoms with Crippen molar-refractivity contribution in [1.29, 1.82) is 0 Å². The molecule has 2 unspecified atom stereocenters.